The van der Waals surface area contributed by atoms with E-state index >= 15 is 0 Å². The van der Waals surface area contributed by atoms with E-state index in [1.54, 1.807) is 0 Å². The molecule has 61 heavy (non-hydrogen) atoms. The summed E-state index contributed by atoms with van der Waals surface area (Å²) in [6, 6.07) is 10.7. The summed E-state index contributed by atoms with van der Waals surface area (Å²) < 4.78 is 12.5. The van der Waals surface area contributed by atoms with Crippen molar-refractivity contribution < 1.29 is 38.2 Å². The van der Waals surface area contributed by atoms with Crippen molar-refractivity contribution in [2.24, 2.45) is 38.8 Å². The number of carbonyl (C=O) groups excluding carboxylic acids is 4. The Morgan fingerprint density at radius 1 is 0.852 bits per heavy atom. The van der Waals surface area contributed by atoms with Crippen molar-refractivity contribution in [2.45, 2.75) is 50.6 Å². The van der Waals surface area contributed by atoms with Crippen LogP contribution >= 0.6 is 0 Å². The number of hydrogen-bond donors (Lipinski definition) is 10. The molecule has 4 aromatic rings. The quantitative estimate of drug-likeness (QED) is 0.0275. The molecule has 0 aliphatic carbocycles. The number of aromatic nitrogens is 1. The molecule has 21 nitrogen and oxygen atoms in total. The average molecular weight is 846 g/mol. The Bertz CT molecular complexity index is 2250. The Labute approximate surface area is 351 Å². The van der Waals surface area contributed by atoms with Gasteiger partial charge in [0.2, 0.25) is 23.6 Å². The second kappa shape index (κ2) is 21.9. The molecule has 2 unspecified atom stereocenters. The summed E-state index contributed by atoms with van der Waals surface area (Å²) in [7, 11) is 2.13. The van der Waals surface area contributed by atoms with Gasteiger partial charge >= 0.3 is 5.97 Å². The van der Waals surface area contributed by atoms with Gasteiger partial charge in [-0.25, -0.2) is 4.98 Å². The van der Waals surface area contributed by atoms with Crippen molar-refractivity contribution >= 4 is 80.2 Å². The number of amides is 4. The fourth-order valence-electron chi connectivity index (χ4n) is 6.84. The maximum atomic E-state index is 13.5. The summed E-state index contributed by atoms with van der Waals surface area (Å²) >= 11 is 0. The number of anilines is 1. The molecule has 1 aliphatic rings. The third kappa shape index (κ3) is 13.6. The zero-order valence-electron chi connectivity index (χ0n) is 34.1. The molecule has 21 heteroatoms. The Balaban J connectivity index is 1.23. The Morgan fingerprint density at radius 3 is 2.20 bits per heavy atom. The number of para-hydroxylation sites is 1. The number of hydrogen-bond acceptors (Lipinski definition) is 12. The van der Waals surface area contributed by atoms with Crippen LogP contribution in [-0.2, 0) is 24.0 Å². The Morgan fingerprint density at radius 2 is 1.52 bits per heavy atom. The zero-order valence-corrected chi connectivity index (χ0v) is 34.1. The molecule has 1 saturated heterocycles. The van der Waals surface area contributed by atoms with Crippen molar-refractivity contribution in [3.63, 3.8) is 0 Å². The van der Waals surface area contributed by atoms with Crippen molar-refractivity contribution in [2.75, 3.05) is 64.8 Å². The number of aliphatic carboxylic acids is 1. The number of guanidine groups is 2. The number of likely N-dealkylation sites (tertiary alicyclic amines) is 1. The van der Waals surface area contributed by atoms with Crippen molar-refractivity contribution in [1.29, 1.82) is 0 Å². The first kappa shape index (κ1) is 45.2. The number of carbonyl (C=O) groups is 5. The number of pyridine rings is 1. The Kier molecular flexibility index (Phi) is 16.2. The number of piperidine rings is 1. The minimum atomic E-state index is -1.28. The lowest BCUT2D eigenvalue weighted by molar-refractivity contribution is -0.138. The van der Waals surface area contributed by atoms with Crippen LogP contribution in [0.1, 0.15) is 38.5 Å². The molecule has 2 atom stereocenters. The number of nitrogens with one attached hydrogen (secondary N) is 5. The average Bonchev–Trinajstić information content (AvgIpc) is 3.59. The molecular weight excluding hydrogens is 791 g/mol. The van der Waals surface area contributed by atoms with Crippen LogP contribution < -0.4 is 54.3 Å². The minimum absolute atomic E-state index is 0.0486. The molecule has 14 N–H and O–H groups in total. The van der Waals surface area contributed by atoms with Crippen LogP contribution in [0.2, 0.25) is 0 Å². The molecule has 4 amide bonds. The number of benzene rings is 2. The molecule has 0 bridgehead atoms. The number of carboxylic acids is 1. The van der Waals surface area contributed by atoms with Gasteiger partial charge in [0.15, 0.2) is 17.5 Å². The third-order valence-electron chi connectivity index (χ3n) is 10.1. The molecule has 2 aromatic carbocycles. The molecule has 0 spiro atoms. The normalized spacial score (nSPS) is 14.1. The highest BCUT2D eigenvalue weighted by Gasteiger charge is 2.27. The molecule has 5 rings (SSSR count). The summed E-state index contributed by atoms with van der Waals surface area (Å²) in [6.07, 6.45) is 2.78. The number of rotatable bonds is 22. The topological polar surface area (TPSA) is 333 Å². The maximum absolute atomic E-state index is 13.5. The van der Waals surface area contributed by atoms with Gasteiger partial charge < -0.3 is 68.7 Å². The van der Waals surface area contributed by atoms with Gasteiger partial charge in [0.25, 0.3) is 0 Å². The SMILES string of the molecule is CN1CCC(COc2ccc3oc4c(NCC(=O)NCC(=O)NC(CCCN=C(N)N)C(=O)NC(CCCN=C(N)N)C(=O)NCC(=O)O)c5ccccc5nc4c3c2)CC1. The largest absolute Gasteiger partial charge is 0.493 e. The predicted octanol–water partition coefficient (Wildman–Crippen LogP) is -0.339. The lowest BCUT2D eigenvalue weighted by Crippen LogP contribution is -2.55. The van der Waals surface area contributed by atoms with E-state index in [4.69, 9.17) is 42.2 Å². The van der Waals surface area contributed by atoms with E-state index in [1.165, 1.54) is 0 Å². The van der Waals surface area contributed by atoms with Gasteiger partial charge in [-0.1, -0.05) is 18.2 Å². The van der Waals surface area contributed by atoms with E-state index in [2.05, 4.69) is 48.5 Å². The predicted molar refractivity (Wildman–Crippen MR) is 231 cm³/mol. The number of nitrogens with two attached hydrogens (primary N) is 4. The van der Waals surface area contributed by atoms with Crippen LogP contribution in [0.4, 0.5) is 5.69 Å². The monoisotopic (exact) mass is 845 g/mol. The van der Waals surface area contributed by atoms with E-state index in [-0.39, 0.29) is 57.2 Å². The standard InChI is InChI=1S/C40H55N13O8/c1-53-16-12-23(13-17-53)22-60-24-10-11-30-26(18-24)35-36(61-30)34(25-6-2-3-7-27(25)51-35)48-19-31(54)47-20-32(55)50-29(9-5-15-46-40(43)44)38(59)52-28(8-4-14-45-39(41)42)37(58)49-21-33(56)57/h2-3,6-7,10-11,18,23,28-29H,4-5,8-9,12-17,19-22H2,1H3,(H,47,54)(H,48,51)(H,49,58)(H,50,55)(H,52,59)(H,56,57)(H4,41,42,45)(H4,43,44,46). The van der Waals surface area contributed by atoms with Gasteiger partial charge in [0.1, 0.15) is 35.5 Å². The first-order valence-corrected chi connectivity index (χ1v) is 20.0. The van der Waals surface area contributed by atoms with Gasteiger partial charge in [-0.15, -0.1) is 0 Å². The van der Waals surface area contributed by atoms with E-state index in [0.29, 0.717) is 46.2 Å². The first-order chi connectivity index (χ1) is 29.3. The summed E-state index contributed by atoms with van der Waals surface area (Å²) in [4.78, 5) is 78.8. The summed E-state index contributed by atoms with van der Waals surface area (Å²) in [5.41, 5.74) is 24.5. The molecule has 0 radical (unpaired) electrons. The number of nitrogens with zero attached hydrogens (tertiary/aromatic N) is 4. The van der Waals surface area contributed by atoms with Gasteiger partial charge in [0.05, 0.1) is 36.3 Å². The van der Waals surface area contributed by atoms with Gasteiger partial charge in [-0.05, 0) is 88.8 Å². The highest BCUT2D eigenvalue weighted by molar-refractivity contribution is 6.14. The summed E-state index contributed by atoms with van der Waals surface area (Å²) in [6.45, 7) is 1.59. The van der Waals surface area contributed by atoms with Gasteiger partial charge in [0, 0.05) is 18.5 Å². The van der Waals surface area contributed by atoms with Crippen molar-refractivity contribution in [1.82, 2.24) is 31.2 Å². The van der Waals surface area contributed by atoms with Crippen LogP contribution in [0.3, 0.4) is 0 Å². The summed E-state index contributed by atoms with van der Waals surface area (Å²) in [5, 5.41) is 23.7. The Hall–Kier alpha value is -6.90. The lowest BCUT2D eigenvalue weighted by atomic mass is 9.98. The second-order valence-corrected chi connectivity index (χ2v) is 14.8. The van der Waals surface area contributed by atoms with Crippen LogP contribution in [-0.4, -0.2) is 128 Å². The van der Waals surface area contributed by atoms with E-state index in [0.717, 1.165) is 36.7 Å². The molecule has 1 aliphatic heterocycles. The fourth-order valence-corrected chi connectivity index (χ4v) is 6.84. The highest BCUT2D eigenvalue weighted by atomic mass is 16.5. The number of aliphatic imine (C=N–C) groups is 2. The van der Waals surface area contributed by atoms with Crippen LogP contribution in [0.25, 0.3) is 33.0 Å². The zero-order chi connectivity index (χ0) is 43.9. The van der Waals surface area contributed by atoms with Crippen LogP contribution in [0.5, 0.6) is 5.75 Å². The number of ether oxygens (including phenoxy) is 1. The van der Waals surface area contributed by atoms with Crippen LogP contribution in [0, 0.1) is 5.92 Å². The van der Waals surface area contributed by atoms with E-state index < -0.39 is 54.8 Å². The highest BCUT2D eigenvalue weighted by Crippen LogP contribution is 2.38. The lowest BCUT2D eigenvalue weighted by Gasteiger charge is -2.28. The fraction of sp³-hybridized carbons (Fsp3) is 0.450. The van der Waals surface area contributed by atoms with Gasteiger partial charge in [-0.3, -0.25) is 34.0 Å². The molecule has 328 valence electrons. The molecule has 1 fully saturated rings. The molecule has 3 heterocycles. The van der Waals surface area contributed by atoms with E-state index in [1.807, 2.05) is 42.5 Å². The van der Waals surface area contributed by atoms with Crippen LogP contribution in [0.15, 0.2) is 56.9 Å². The van der Waals surface area contributed by atoms with Gasteiger partial charge in [-0.2, -0.15) is 0 Å². The second-order valence-electron chi connectivity index (χ2n) is 14.8. The number of carboxylic acid groups (broad SMARTS) is 1. The maximum Gasteiger partial charge on any atom is 0.322 e. The van der Waals surface area contributed by atoms with Crippen molar-refractivity contribution in [3.8, 4) is 5.75 Å². The van der Waals surface area contributed by atoms with Crippen molar-refractivity contribution in [3.05, 3.63) is 42.5 Å². The number of fused-ring (bicyclic) bond motifs is 4. The smallest absolute Gasteiger partial charge is 0.322 e. The van der Waals surface area contributed by atoms with E-state index in [9.17, 15) is 24.0 Å². The molecule has 2 aromatic heterocycles. The minimum Gasteiger partial charge on any atom is -0.493 e. The molecular formula is C40H55N13O8. The summed E-state index contributed by atoms with van der Waals surface area (Å²) in [5.74, 6) is -3.13. The third-order valence-corrected chi connectivity index (χ3v) is 10.1. The first-order valence-electron chi connectivity index (χ1n) is 20.0. The molecule has 0 saturated carbocycles. The number of furan rings is 1.